The van der Waals surface area contributed by atoms with Gasteiger partial charge in [0.05, 0.1) is 25.3 Å². The largest absolute Gasteiger partial charge is 0.444 e. The molecule has 0 saturated carbocycles. The van der Waals surface area contributed by atoms with E-state index in [0.29, 0.717) is 38.3 Å². The number of nitrogens with zero attached hydrogens (tertiary/aromatic N) is 1. The number of rotatable bonds is 9. The predicted octanol–water partition coefficient (Wildman–Crippen LogP) is 5.11. The van der Waals surface area contributed by atoms with Crippen molar-refractivity contribution in [2.75, 3.05) is 13.2 Å². The normalized spacial score (nSPS) is 25.3. The van der Waals surface area contributed by atoms with Crippen molar-refractivity contribution >= 4 is 11.9 Å². The molecule has 2 unspecified atom stereocenters. The van der Waals surface area contributed by atoms with E-state index in [2.05, 4.69) is 6.92 Å². The molecule has 1 amide bonds. The van der Waals surface area contributed by atoms with Crippen LogP contribution in [0.3, 0.4) is 0 Å². The van der Waals surface area contributed by atoms with Crippen molar-refractivity contribution in [3.8, 4) is 0 Å². The van der Waals surface area contributed by atoms with E-state index in [-0.39, 0.29) is 24.1 Å². The van der Waals surface area contributed by atoms with Crippen LogP contribution < -0.4 is 0 Å². The van der Waals surface area contributed by atoms with Gasteiger partial charge in [0.1, 0.15) is 11.4 Å². The summed E-state index contributed by atoms with van der Waals surface area (Å²) in [5, 5.41) is 0. The molecule has 2 atom stereocenters. The van der Waals surface area contributed by atoms with Crippen molar-refractivity contribution in [2.45, 2.75) is 110 Å². The van der Waals surface area contributed by atoms with Gasteiger partial charge in [-0.1, -0.05) is 45.4 Å². The first-order valence-electron chi connectivity index (χ1n) is 10.9. The Bertz CT molecular complexity index is 471. The number of carbonyl (C=O) groups excluding carboxylic acids is 2. The van der Waals surface area contributed by atoms with Crippen molar-refractivity contribution in [1.29, 1.82) is 0 Å². The van der Waals surface area contributed by atoms with Crippen LogP contribution in [0.5, 0.6) is 0 Å². The van der Waals surface area contributed by atoms with Gasteiger partial charge in [0.15, 0.2) is 0 Å². The summed E-state index contributed by atoms with van der Waals surface area (Å²) >= 11 is 0. The monoisotopic (exact) mass is 381 g/mol. The summed E-state index contributed by atoms with van der Waals surface area (Å²) in [5.41, 5.74) is -0.504. The standard InChI is InChI=1S/C22H39NO4/c1-5-6-7-8-9-10-11-12-20(24)17-13-18-15-26-16-19(14-17)23(18)21(25)27-22(2,3)4/h17-19H,5-16H2,1-4H3. The zero-order chi connectivity index (χ0) is 19.9. The fraction of sp³-hybridized carbons (Fsp3) is 0.909. The van der Waals surface area contributed by atoms with Crippen molar-refractivity contribution in [1.82, 2.24) is 4.90 Å². The topological polar surface area (TPSA) is 55.8 Å². The molecular formula is C22H39NO4. The quantitative estimate of drug-likeness (QED) is 0.521. The number of amides is 1. The number of ether oxygens (including phenoxy) is 2. The molecule has 0 aromatic rings. The third kappa shape index (κ3) is 7.10. The highest BCUT2D eigenvalue weighted by Gasteiger charge is 2.44. The second-order valence-corrected chi connectivity index (χ2v) is 9.24. The van der Waals surface area contributed by atoms with Gasteiger partial charge in [-0.3, -0.25) is 9.69 Å². The highest BCUT2D eigenvalue weighted by Crippen LogP contribution is 2.34. The van der Waals surface area contributed by atoms with E-state index in [1.165, 1.54) is 32.1 Å². The molecule has 156 valence electrons. The van der Waals surface area contributed by atoms with Gasteiger partial charge in [0, 0.05) is 12.3 Å². The van der Waals surface area contributed by atoms with Gasteiger partial charge >= 0.3 is 6.09 Å². The van der Waals surface area contributed by atoms with Crippen LogP contribution in [-0.2, 0) is 14.3 Å². The molecule has 2 aliphatic rings. The Kier molecular flexibility index (Phi) is 8.59. The summed E-state index contributed by atoms with van der Waals surface area (Å²) in [6.07, 6.45) is 10.4. The van der Waals surface area contributed by atoms with Gasteiger partial charge < -0.3 is 9.47 Å². The number of fused-ring (bicyclic) bond motifs is 2. The summed E-state index contributed by atoms with van der Waals surface area (Å²) in [6.45, 7) is 8.90. The van der Waals surface area contributed by atoms with Crippen LogP contribution in [0.15, 0.2) is 0 Å². The molecule has 0 aromatic heterocycles. The molecular weight excluding hydrogens is 342 g/mol. The van der Waals surface area contributed by atoms with E-state index < -0.39 is 5.60 Å². The molecule has 0 aliphatic carbocycles. The van der Waals surface area contributed by atoms with E-state index in [0.717, 1.165) is 12.8 Å². The number of Topliss-reactive ketones (excluding diaryl/α,β-unsaturated/α-hetero) is 1. The Morgan fingerprint density at radius 3 is 2.07 bits per heavy atom. The Morgan fingerprint density at radius 1 is 0.963 bits per heavy atom. The minimum atomic E-state index is -0.504. The average Bonchev–Trinajstić information content (AvgIpc) is 2.58. The second-order valence-electron chi connectivity index (χ2n) is 9.24. The zero-order valence-electron chi connectivity index (χ0n) is 17.8. The van der Waals surface area contributed by atoms with Crippen LogP contribution in [0.4, 0.5) is 4.79 Å². The molecule has 2 bridgehead atoms. The molecule has 27 heavy (non-hydrogen) atoms. The van der Waals surface area contributed by atoms with E-state index >= 15 is 0 Å². The van der Waals surface area contributed by atoms with Crippen molar-refractivity contribution in [2.24, 2.45) is 5.92 Å². The first-order valence-corrected chi connectivity index (χ1v) is 10.9. The molecule has 2 heterocycles. The zero-order valence-corrected chi connectivity index (χ0v) is 17.8. The van der Waals surface area contributed by atoms with Crippen molar-refractivity contribution in [3.05, 3.63) is 0 Å². The summed E-state index contributed by atoms with van der Waals surface area (Å²) < 4.78 is 11.2. The lowest BCUT2D eigenvalue weighted by Crippen LogP contribution is -2.60. The van der Waals surface area contributed by atoms with Gasteiger partial charge in [0.2, 0.25) is 0 Å². The Labute approximate surface area is 165 Å². The summed E-state index contributed by atoms with van der Waals surface area (Å²) in [4.78, 5) is 27.1. The molecule has 2 fully saturated rings. The van der Waals surface area contributed by atoms with Crippen LogP contribution in [-0.4, -0.2) is 47.7 Å². The maximum absolute atomic E-state index is 12.7. The van der Waals surface area contributed by atoms with Crippen molar-refractivity contribution in [3.63, 3.8) is 0 Å². The van der Waals surface area contributed by atoms with Crippen LogP contribution in [0, 0.1) is 5.92 Å². The summed E-state index contributed by atoms with van der Waals surface area (Å²) in [6, 6.07) is -0.0642. The number of piperidine rings is 1. The minimum absolute atomic E-state index is 0.0321. The van der Waals surface area contributed by atoms with Crippen molar-refractivity contribution < 1.29 is 19.1 Å². The van der Waals surface area contributed by atoms with E-state index in [1.54, 1.807) is 0 Å². The van der Waals surface area contributed by atoms with Crippen LogP contribution in [0.25, 0.3) is 0 Å². The van der Waals surface area contributed by atoms with Gasteiger partial charge in [-0.2, -0.15) is 0 Å². The molecule has 0 N–H and O–H groups in total. The van der Waals surface area contributed by atoms with E-state index in [1.807, 2.05) is 25.7 Å². The lowest BCUT2D eigenvalue weighted by atomic mass is 9.81. The lowest BCUT2D eigenvalue weighted by Gasteiger charge is -2.47. The molecule has 0 spiro atoms. The third-order valence-electron chi connectivity index (χ3n) is 5.61. The van der Waals surface area contributed by atoms with Gasteiger partial charge in [-0.25, -0.2) is 4.79 Å². The average molecular weight is 382 g/mol. The first-order chi connectivity index (χ1) is 12.8. The van der Waals surface area contributed by atoms with Gasteiger partial charge in [-0.15, -0.1) is 0 Å². The van der Waals surface area contributed by atoms with E-state index in [9.17, 15) is 9.59 Å². The van der Waals surface area contributed by atoms with Gasteiger partial charge in [-0.05, 0) is 40.0 Å². The number of morpholine rings is 1. The van der Waals surface area contributed by atoms with Crippen LogP contribution >= 0.6 is 0 Å². The highest BCUT2D eigenvalue weighted by atomic mass is 16.6. The fourth-order valence-electron chi connectivity index (χ4n) is 4.25. The summed E-state index contributed by atoms with van der Waals surface area (Å²) in [7, 11) is 0. The Morgan fingerprint density at radius 2 is 1.52 bits per heavy atom. The highest BCUT2D eigenvalue weighted by molar-refractivity contribution is 5.81. The predicted molar refractivity (Wildman–Crippen MR) is 107 cm³/mol. The second kappa shape index (κ2) is 10.4. The number of carbonyl (C=O) groups is 2. The smallest absolute Gasteiger partial charge is 0.410 e. The molecule has 2 rings (SSSR count). The SMILES string of the molecule is CCCCCCCCCC(=O)C1CC2COCC(C1)N2C(=O)OC(C)(C)C. The Hall–Kier alpha value is -1.10. The lowest BCUT2D eigenvalue weighted by molar-refractivity contribution is -0.132. The minimum Gasteiger partial charge on any atom is -0.444 e. The van der Waals surface area contributed by atoms with E-state index in [4.69, 9.17) is 9.47 Å². The maximum atomic E-state index is 12.7. The van der Waals surface area contributed by atoms with Crippen LogP contribution in [0.2, 0.25) is 0 Å². The Balaban J connectivity index is 1.78. The number of unbranched alkanes of at least 4 members (excludes halogenated alkanes) is 6. The molecule has 2 aliphatic heterocycles. The number of ketones is 1. The fourth-order valence-corrected chi connectivity index (χ4v) is 4.25. The molecule has 0 radical (unpaired) electrons. The van der Waals surface area contributed by atoms with Crippen LogP contribution in [0.1, 0.15) is 91.9 Å². The molecule has 5 heteroatoms. The maximum Gasteiger partial charge on any atom is 0.410 e. The van der Waals surface area contributed by atoms with Gasteiger partial charge in [0.25, 0.3) is 0 Å². The molecule has 5 nitrogen and oxygen atoms in total. The summed E-state index contributed by atoms with van der Waals surface area (Å²) in [5.74, 6) is 0.451. The number of hydrogen-bond acceptors (Lipinski definition) is 4. The number of hydrogen-bond donors (Lipinski definition) is 0. The first kappa shape index (κ1) is 22.2. The third-order valence-corrected chi connectivity index (χ3v) is 5.61. The molecule has 2 saturated heterocycles. The molecule has 0 aromatic carbocycles.